The summed E-state index contributed by atoms with van der Waals surface area (Å²) < 4.78 is 27.5. The van der Waals surface area contributed by atoms with Crippen LogP contribution in [0.15, 0.2) is 48.5 Å². The van der Waals surface area contributed by atoms with Crippen molar-refractivity contribution in [3.05, 3.63) is 54.1 Å². The van der Waals surface area contributed by atoms with E-state index in [4.69, 9.17) is 23.7 Å². The number of para-hydroxylation sites is 1. The molecule has 166 valence electrons. The van der Waals surface area contributed by atoms with Gasteiger partial charge in [0.1, 0.15) is 36.2 Å². The number of carbonyl (C=O) groups excluding carboxylic acids is 1. The first-order chi connectivity index (χ1) is 15.2. The van der Waals surface area contributed by atoms with E-state index in [2.05, 4.69) is 0 Å². The quantitative estimate of drug-likeness (QED) is 0.542. The zero-order chi connectivity index (χ0) is 22.1. The fraction of sp³-hybridized carbons (Fsp3) is 0.375. The maximum absolute atomic E-state index is 12.5. The van der Waals surface area contributed by atoms with Gasteiger partial charge in [-0.3, -0.25) is 4.79 Å². The predicted octanol–water partition coefficient (Wildman–Crippen LogP) is 3.42. The largest absolute Gasteiger partial charge is 0.496 e. The predicted molar refractivity (Wildman–Crippen MR) is 118 cm³/mol. The van der Waals surface area contributed by atoms with E-state index in [9.17, 15) is 4.79 Å². The van der Waals surface area contributed by atoms with Crippen LogP contribution in [0.4, 0.5) is 0 Å². The minimum atomic E-state index is -0.0383. The van der Waals surface area contributed by atoms with Gasteiger partial charge in [0.2, 0.25) is 5.91 Å². The Kier molecular flexibility index (Phi) is 8.18. The lowest BCUT2D eigenvalue weighted by atomic mass is 9.97. The number of methoxy groups -OCH3 is 3. The van der Waals surface area contributed by atoms with Crippen LogP contribution >= 0.6 is 0 Å². The number of carbonyl (C=O) groups is 1. The number of hydrogen-bond donors (Lipinski definition) is 0. The van der Waals surface area contributed by atoms with Gasteiger partial charge in [0, 0.05) is 25.2 Å². The Balaban J connectivity index is 1.52. The third-order valence-electron chi connectivity index (χ3n) is 5.06. The second-order valence-corrected chi connectivity index (χ2v) is 6.94. The lowest BCUT2D eigenvalue weighted by Gasteiger charge is -2.28. The monoisotopic (exact) mass is 427 g/mol. The van der Waals surface area contributed by atoms with E-state index < -0.39 is 0 Å². The Morgan fingerprint density at radius 3 is 2.23 bits per heavy atom. The molecule has 1 aliphatic rings. The van der Waals surface area contributed by atoms with Crippen LogP contribution in [0.5, 0.6) is 23.0 Å². The standard InChI is InChI=1S/C24H29NO6/c1-27-20-15-21(28-2)24(22(16-20)29-3)18-9-11-25(12-10-18)23(26)17-30-13-14-31-19-7-5-4-6-8-19/h4-9,15-16H,10-14,17H2,1-3H3. The van der Waals surface area contributed by atoms with E-state index in [0.29, 0.717) is 50.0 Å². The van der Waals surface area contributed by atoms with Crippen LogP contribution in [0, 0.1) is 0 Å². The van der Waals surface area contributed by atoms with Gasteiger partial charge in [0.25, 0.3) is 0 Å². The molecule has 7 heteroatoms. The Morgan fingerprint density at radius 2 is 1.65 bits per heavy atom. The first-order valence-corrected chi connectivity index (χ1v) is 10.2. The van der Waals surface area contributed by atoms with Crippen LogP contribution < -0.4 is 18.9 Å². The second-order valence-electron chi connectivity index (χ2n) is 6.94. The number of rotatable bonds is 10. The van der Waals surface area contributed by atoms with Crippen LogP contribution in [0.1, 0.15) is 12.0 Å². The van der Waals surface area contributed by atoms with Crippen molar-refractivity contribution >= 4 is 11.5 Å². The van der Waals surface area contributed by atoms with Gasteiger partial charge >= 0.3 is 0 Å². The zero-order valence-corrected chi connectivity index (χ0v) is 18.3. The van der Waals surface area contributed by atoms with Crippen molar-refractivity contribution in [2.45, 2.75) is 6.42 Å². The Labute approximate surface area is 183 Å². The van der Waals surface area contributed by atoms with Crippen molar-refractivity contribution in [1.29, 1.82) is 0 Å². The summed E-state index contributed by atoms with van der Waals surface area (Å²) in [5.74, 6) is 2.78. The summed E-state index contributed by atoms with van der Waals surface area (Å²) in [7, 11) is 4.85. The molecule has 0 radical (unpaired) electrons. The maximum Gasteiger partial charge on any atom is 0.248 e. The van der Waals surface area contributed by atoms with Crippen molar-refractivity contribution in [3.63, 3.8) is 0 Å². The molecule has 7 nitrogen and oxygen atoms in total. The Morgan fingerprint density at radius 1 is 0.935 bits per heavy atom. The first kappa shape index (κ1) is 22.5. The van der Waals surface area contributed by atoms with Crippen molar-refractivity contribution in [2.24, 2.45) is 0 Å². The molecule has 1 amide bonds. The highest BCUT2D eigenvalue weighted by Crippen LogP contribution is 2.40. The maximum atomic E-state index is 12.5. The average molecular weight is 427 g/mol. The fourth-order valence-corrected chi connectivity index (χ4v) is 3.43. The summed E-state index contributed by atoms with van der Waals surface area (Å²) in [5, 5.41) is 0. The molecule has 0 N–H and O–H groups in total. The SMILES string of the molecule is COc1cc(OC)c(C2=CCN(C(=O)COCCOc3ccccc3)CC2)c(OC)c1. The number of hydrogen-bond acceptors (Lipinski definition) is 6. The average Bonchev–Trinajstić information content (AvgIpc) is 2.83. The number of amides is 1. The van der Waals surface area contributed by atoms with Crippen molar-refractivity contribution in [1.82, 2.24) is 4.90 Å². The zero-order valence-electron chi connectivity index (χ0n) is 18.3. The highest BCUT2D eigenvalue weighted by atomic mass is 16.5. The van der Waals surface area contributed by atoms with E-state index in [-0.39, 0.29) is 12.5 Å². The van der Waals surface area contributed by atoms with Crippen LogP contribution in [0.25, 0.3) is 5.57 Å². The third-order valence-corrected chi connectivity index (χ3v) is 5.06. The lowest BCUT2D eigenvalue weighted by Crippen LogP contribution is -2.37. The van der Waals surface area contributed by atoms with Crippen LogP contribution in [0.2, 0.25) is 0 Å². The molecule has 0 unspecified atom stereocenters. The summed E-state index contributed by atoms with van der Waals surface area (Å²) in [6.07, 6.45) is 2.73. The molecule has 0 aromatic heterocycles. The molecule has 0 saturated carbocycles. The van der Waals surface area contributed by atoms with Gasteiger partial charge in [-0.1, -0.05) is 24.3 Å². The van der Waals surface area contributed by atoms with Crippen LogP contribution in [-0.2, 0) is 9.53 Å². The van der Waals surface area contributed by atoms with Gasteiger partial charge in [-0.05, 0) is 24.1 Å². The number of nitrogens with zero attached hydrogens (tertiary/aromatic N) is 1. The molecule has 31 heavy (non-hydrogen) atoms. The van der Waals surface area contributed by atoms with Crippen LogP contribution in [0.3, 0.4) is 0 Å². The van der Waals surface area contributed by atoms with Gasteiger partial charge in [-0.2, -0.15) is 0 Å². The van der Waals surface area contributed by atoms with Crippen LogP contribution in [-0.4, -0.2) is 65.0 Å². The number of ether oxygens (including phenoxy) is 5. The van der Waals surface area contributed by atoms with Gasteiger partial charge < -0.3 is 28.6 Å². The summed E-state index contributed by atoms with van der Waals surface area (Å²) in [4.78, 5) is 14.3. The summed E-state index contributed by atoms with van der Waals surface area (Å²) in [6.45, 7) is 1.91. The molecule has 3 rings (SSSR count). The summed E-state index contributed by atoms with van der Waals surface area (Å²) >= 11 is 0. The second kappa shape index (κ2) is 11.3. The van der Waals surface area contributed by atoms with Gasteiger partial charge in [-0.15, -0.1) is 0 Å². The Bertz CT molecular complexity index is 871. The van der Waals surface area contributed by atoms with Crippen molar-refractivity contribution in [3.8, 4) is 23.0 Å². The Hall–Kier alpha value is -3.19. The summed E-state index contributed by atoms with van der Waals surface area (Å²) in [5.41, 5.74) is 1.98. The molecule has 0 atom stereocenters. The van der Waals surface area contributed by atoms with E-state index >= 15 is 0 Å². The minimum Gasteiger partial charge on any atom is -0.496 e. The molecule has 1 aliphatic heterocycles. The van der Waals surface area contributed by atoms with Gasteiger partial charge in [-0.25, -0.2) is 0 Å². The summed E-state index contributed by atoms with van der Waals surface area (Å²) in [6, 6.07) is 13.2. The molecular weight excluding hydrogens is 398 g/mol. The molecular formula is C24H29NO6. The first-order valence-electron chi connectivity index (χ1n) is 10.2. The smallest absolute Gasteiger partial charge is 0.248 e. The number of benzene rings is 2. The molecule has 0 saturated heterocycles. The van der Waals surface area contributed by atoms with E-state index in [1.54, 1.807) is 26.2 Å². The molecule has 1 heterocycles. The normalized spacial score (nSPS) is 13.4. The minimum absolute atomic E-state index is 0.0382. The fourth-order valence-electron chi connectivity index (χ4n) is 3.43. The van der Waals surface area contributed by atoms with Crippen molar-refractivity contribution in [2.75, 3.05) is 54.2 Å². The molecule has 2 aromatic rings. The van der Waals surface area contributed by atoms with Gasteiger partial charge in [0.05, 0.1) is 33.5 Å². The van der Waals surface area contributed by atoms with Gasteiger partial charge in [0.15, 0.2) is 0 Å². The van der Waals surface area contributed by atoms with E-state index in [1.165, 1.54) is 0 Å². The molecule has 0 bridgehead atoms. The topological polar surface area (TPSA) is 66.5 Å². The molecule has 0 spiro atoms. The molecule has 2 aromatic carbocycles. The lowest BCUT2D eigenvalue weighted by molar-refractivity contribution is -0.135. The van der Waals surface area contributed by atoms with E-state index in [0.717, 1.165) is 16.9 Å². The van der Waals surface area contributed by atoms with E-state index in [1.807, 2.05) is 48.5 Å². The molecule has 0 fully saturated rings. The highest BCUT2D eigenvalue weighted by molar-refractivity contribution is 5.81. The van der Waals surface area contributed by atoms with Crippen molar-refractivity contribution < 1.29 is 28.5 Å². The third kappa shape index (κ3) is 5.92. The molecule has 0 aliphatic carbocycles. The highest BCUT2D eigenvalue weighted by Gasteiger charge is 2.23.